The fraction of sp³-hybridized carbons (Fsp3) is 0.471. The van der Waals surface area contributed by atoms with Gasteiger partial charge in [0.1, 0.15) is 12.6 Å². The van der Waals surface area contributed by atoms with Crippen molar-refractivity contribution in [1.82, 2.24) is 10.6 Å². The summed E-state index contributed by atoms with van der Waals surface area (Å²) in [6, 6.07) is 3.69. The van der Waals surface area contributed by atoms with Crippen LogP contribution in [0.5, 0.6) is 0 Å². The molecule has 0 aromatic heterocycles. The minimum absolute atomic E-state index is 0.194. The second-order valence-corrected chi connectivity index (χ2v) is 7.52. The molecule has 0 spiro atoms. The predicted molar refractivity (Wildman–Crippen MR) is 105 cm³/mol. The van der Waals surface area contributed by atoms with Crippen LogP contribution in [0.2, 0.25) is 10.0 Å². The predicted octanol–water partition coefficient (Wildman–Crippen LogP) is 2.91. The van der Waals surface area contributed by atoms with Crippen LogP contribution in [-0.2, 0) is 14.3 Å². The molecule has 0 fully saturated rings. The van der Waals surface area contributed by atoms with Crippen LogP contribution in [0.1, 0.15) is 30.6 Å². The summed E-state index contributed by atoms with van der Waals surface area (Å²) < 4.78 is 4.96. The lowest BCUT2D eigenvalue weighted by Crippen LogP contribution is -2.48. The number of nitrogens with one attached hydrogen (secondary N) is 2. The molecular weight excluding hydrogens is 399 g/mol. The molecule has 1 rings (SSSR count). The number of carbonyl (C=O) groups excluding carboxylic acids is 3. The fourth-order valence-electron chi connectivity index (χ4n) is 2.00. The Bertz CT molecular complexity index is 656. The summed E-state index contributed by atoms with van der Waals surface area (Å²) >= 11 is 13.4. The van der Waals surface area contributed by atoms with Gasteiger partial charge in [0, 0.05) is 5.02 Å². The van der Waals surface area contributed by atoms with E-state index < -0.39 is 23.8 Å². The summed E-state index contributed by atoms with van der Waals surface area (Å²) in [7, 11) is 0. The molecule has 0 saturated carbocycles. The van der Waals surface area contributed by atoms with E-state index in [0.29, 0.717) is 17.2 Å². The summed E-state index contributed by atoms with van der Waals surface area (Å²) in [5.74, 6) is -0.830. The van der Waals surface area contributed by atoms with Crippen LogP contribution >= 0.6 is 35.0 Å². The molecule has 0 bridgehead atoms. The first-order valence-corrected chi connectivity index (χ1v) is 10.1. The first-order valence-electron chi connectivity index (χ1n) is 7.96. The van der Waals surface area contributed by atoms with E-state index in [2.05, 4.69) is 10.6 Å². The van der Waals surface area contributed by atoms with Crippen LogP contribution < -0.4 is 10.6 Å². The third-order valence-electron chi connectivity index (χ3n) is 3.18. The van der Waals surface area contributed by atoms with Crippen LogP contribution in [0.15, 0.2) is 18.2 Å². The molecule has 0 aliphatic carbocycles. The summed E-state index contributed by atoms with van der Waals surface area (Å²) in [6.45, 7) is 3.18. The summed E-state index contributed by atoms with van der Waals surface area (Å²) in [5, 5.41) is 5.74. The molecule has 6 nitrogen and oxygen atoms in total. The number of halogens is 2. The maximum Gasteiger partial charge on any atom is 0.325 e. The molecule has 9 heteroatoms. The van der Waals surface area contributed by atoms with Crippen molar-refractivity contribution in [2.45, 2.75) is 32.4 Å². The highest BCUT2D eigenvalue weighted by Crippen LogP contribution is 2.21. The van der Waals surface area contributed by atoms with E-state index in [9.17, 15) is 14.4 Å². The van der Waals surface area contributed by atoms with Crippen LogP contribution in [0.3, 0.4) is 0 Å². The lowest BCUT2D eigenvalue weighted by Gasteiger charge is -2.18. The van der Waals surface area contributed by atoms with E-state index in [0.717, 1.165) is 0 Å². The molecule has 2 N–H and O–H groups in total. The topological polar surface area (TPSA) is 84.5 Å². The molecule has 0 aliphatic rings. The maximum absolute atomic E-state index is 12.4. The zero-order valence-corrected chi connectivity index (χ0v) is 17.1. The Labute approximate surface area is 167 Å². The first kappa shape index (κ1) is 22.6. The highest BCUT2D eigenvalue weighted by Gasteiger charge is 2.23. The molecule has 2 amide bonds. The van der Waals surface area contributed by atoms with Gasteiger partial charge in [0.05, 0.1) is 16.7 Å². The number of esters is 1. The van der Waals surface area contributed by atoms with Gasteiger partial charge >= 0.3 is 5.97 Å². The zero-order valence-electron chi connectivity index (χ0n) is 14.8. The van der Waals surface area contributed by atoms with Crippen molar-refractivity contribution >= 4 is 52.7 Å². The van der Waals surface area contributed by atoms with Gasteiger partial charge < -0.3 is 15.4 Å². The molecule has 144 valence electrons. The van der Waals surface area contributed by atoms with Crippen LogP contribution in [0.4, 0.5) is 0 Å². The molecule has 0 saturated heterocycles. The van der Waals surface area contributed by atoms with Crippen molar-refractivity contribution in [2.24, 2.45) is 0 Å². The Kier molecular flexibility index (Phi) is 9.83. The second-order valence-electron chi connectivity index (χ2n) is 5.69. The van der Waals surface area contributed by atoms with Crippen LogP contribution in [-0.4, -0.2) is 48.5 Å². The number of amides is 2. The molecule has 0 aliphatic heterocycles. The van der Waals surface area contributed by atoms with Crippen molar-refractivity contribution in [2.75, 3.05) is 18.6 Å². The Balaban J connectivity index is 2.74. The molecule has 1 aromatic carbocycles. The standard InChI is InChI=1S/C17H22Cl2N2O4S/c1-10(2)25-15(22)9-20-17(24)14(6-7-26-3)21-16(23)12-5-4-11(18)8-13(12)19/h4-5,8,10,14H,6-7,9H2,1-3H3,(H,20,24)(H,21,23). The van der Waals surface area contributed by atoms with Gasteiger partial charge in [-0.1, -0.05) is 23.2 Å². The number of rotatable bonds is 9. The van der Waals surface area contributed by atoms with E-state index in [1.165, 1.54) is 12.1 Å². The average Bonchev–Trinajstić information content (AvgIpc) is 2.55. The smallest absolute Gasteiger partial charge is 0.325 e. The van der Waals surface area contributed by atoms with Gasteiger partial charge in [0.25, 0.3) is 5.91 Å². The average molecular weight is 421 g/mol. The van der Waals surface area contributed by atoms with E-state index in [4.69, 9.17) is 27.9 Å². The number of carbonyl (C=O) groups is 3. The largest absolute Gasteiger partial charge is 0.462 e. The number of hydrogen-bond acceptors (Lipinski definition) is 5. The lowest BCUT2D eigenvalue weighted by molar-refractivity contribution is -0.147. The van der Waals surface area contributed by atoms with Crippen molar-refractivity contribution in [1.29, 1.82) is 0 Å². The van der Waals surface area contributed by atoms with Gasteiger partial charge in [-0.15, -0.1) is 0 Å². The van der Waals surface area contributed by atoms with Crippen molar-refractivity contribution in [3.05, 3.63) is 33.8 Å². The SMILES string of the molecule is CSCCC(NC(=O)c1ccc(Cl)cc1Cl)C(=O)NCC(=O)OC(C)C. The number of thioether (sulfide) groups is 1. The van der Waals surface area contributed by atoms with Gasteiger partial charge in [-0.3, -0.25) is 14.4 Å². The summed E-state index contributed by atoms with van der Waals surface area (Å²) in [6.07, 6.45) is 2.04. The normalized spacial score (nSPS) is 11.8. The van der Waals surface area contributed by atoms with Gasteiger partial charge in [0.2, 0.25) is 5.91 Å². The Hall–Kier alpha value is -1.44. The van der Waals surface area contributed by atoms with E-state index in [-0.39, 0.29) is 23.2 Å². The van der Waals surface area contributed by atoms with Gasteiger partial charge in [-0.2, -0.15) is 11.8 Å². The lowest BCUT2D eigenvalue weighted by atomic mass is 10.1. The Morgan fingerprint density at radius 2 is 1.92 bits per heavy atom. The second kappa shape index (κ2) is 11.3. The third kappa shape index (κ3) is 7.85. The molecular formula is C17H22Cl2N2O4S. The van der Waals surface area contributed by atoms with Gasteiger partial charge in [-0.05, 0) is 50.5 Å². The molecule has 1 aromatic rings. The zero-order chi connectivity index (χ0) is 19.7. The minimum atomic E-state index is -0.798. The molecule has 1 atom stereocenters. The first-order chi connectivity index (χ1) is 12.2. The molecule has 0 radical (unpaired) electrons. The van der Waals surface area contributed by atoms with E-state index >= 15 is 0 Å². The Morgan fingerprint density at radius 1 is 1.23 bits per heavy atom. The molecule has 0 heterocycles. The van der Waals surface area contributed by atoms with Gasteiger partial charge in [-0.25, -0.2) is 0 Å². The van der Waals surface area contributed by atoms with E-state index in [1.54, 1.807) is 31.7 Å². The Morgan fingerprint density at radius 3 is 2.50 bits per heavy atom. The quantitative estimate of drug-likeness (QED) is 0.599. The van der Waals surface area contributed by atoms with Crippen LogP contribution in [0, 0.1) is 0 Å². The van der Waals surface area contributed by atoms with Gasteiger partial charge in [0.15, 0.2) is 0 Å². The van der Waals surface area contributed by atoms with Crippen LogP contribution in [0.25, 0.3) is 0 Å². The number of benzene rings is 1. The van der Waals surface area contributed by atoms with Crippen molar-refractivity contribution < 1.29 is 19.1 Å². The maximum atomic E-state index is 12.4. The highest BCUT2D eigenvalue weighted by molar-refractivity contribution is 7.98. The van der Waals surface area contributed by atoms with E-state index in [1.807, 2.05) is 6.26 Å². The molecule has 26 heavy (non-hydrogen) atoms. The monoisotopic (exact) mass is 420 g/mol. The third-order valence-corrected chi connectivity index (χ3v) is 4.37. The van der Waals surface area contributed by atoms with Crippen molar-refractivity contribution in [3.63, 3.8) is 0 Å². The number of hydrogen-bond donors (Lipinski definition) is 2. The molecule has 1 unspecified atom stereocenters. The highest BCUT2D eigenvalue weighted by atomic mass is 35.5. The summed E-state index contributed by atoms with van der Waals surface area (Å²) in [5.41, 5.74) is 0.220. The number of ether oxygens (including phenoxy) is 1. The summed E-state index contributed by atoms with van der Waals surface area (Å²) in [4.78, 5) is 36.3. The van der Waals surface area contributed by atoms with Crippen molar-refractivity contribution in [3.8, 4) is 0 Å². The fourth-order valence-corrected chi connectivity index (χ4v) is 2.97. The minimum Gasteiger partial charge on any atom is -0.462 e.